The summed E-state index contributed by atoms with van der Waals surface area (Å²) in [5.41, 5.74) is -8.02. The van der Waals surface area contributed by atoms with E-state index < -0.39 is 107 Å². The van der Waals surface area contributed by atoms with Gasteiger partial charge in [0.05, 0.1) is 34.5 Å². The molecule has 1 saturated heterocycles. The minimum Gasteiger partial charge on any atom is -0.472 e. The van der Waals surface area contributed by atoms with Crippen molar-refractivity contribution in [2.75, 3.05) is 6.61 Å². The van der Waals surface area contributed by atoms with Crippen LogP contribution in [0, 0.1) is 23.2 Å². The summed E-state index contributed by atoms with van der Waals surface area (Å²) in [7, 11) is 0. The van der Waals surface area contributed by atoms with Crippen LogP contribution in [0.5, 0.6) is 0 Å². The summed E-state index contributed by atoms with van der Waals surface area (Å²) in [5, 5.41) is 12.8. The monoisotopic (exact) mass is 727 g/mol. The topological polar surface area (TPSA) is 204 Å². The van der Waals surface area contributed by atoms with Crippen molar-refractivity contribution in [3.63, 3.8) is 0 Å². The number of rotatable bonds is 11. The van der Waals surface area contributed by atoms with Gasteiger partial charge in [0, 0.05) is 50.9 Å². The normalized spacial score (nSPS) is 33.0. The van der Waals surface area contributed by atoms with Crippen LogP contribution < -0.4 is 0 Å². The number of nitrogens with zero attached hydrogens (tertiary/aromatic N) is 1. The average Bonchev–Trinajstić information content (AvgIpc) is 3.65. The summed E-state index contributed by atoms with van der Waals surface area (Å²) in [5.74, 6) is -7.32. The Labute approximate surface area is 300 Å². The fourth-order valence-electron chi connectivity index (χ4n) is 8.76. The molecule has 282 valence electrons. The quantitative estimate of drug-likeness (QED) is 0.260. The fourth-order valence-corrected chi connectivity index (χ4v) is 8.76. The summed E-state index contributed by atoms with van der Waals surface area (Å²) in [6.07, 6.45) is -1.92. The van der Waals surface area contributed by atoms with Crippen LogP contribution in [-0.2, 0) is 47.6 Å². The Morgan fingerprint density at radius 1 is 0.904 bits per heavy atom. The largest absolute Gasteiger partial charge is 0.472 e. The van der Waals surface area contributed by atoms with Crippen LogP contribution in [-0.4, -0.2) is 93.5 Å². The highest BCUT2D eigenvalue weighted by molar-refractivity contribution is 5.90. The third kappa shape index (κ3) is 6.48. The SMILES string of the molecule is CC(=O)CC1C2C(OC(C)=O)C3(OC2(C)C)C(C)(O)CC(OC(C)=O)C(OC(=O)c2cccnc2)C3(COC(=O)C(C)C)C1OC(=O)c1ccoc1. The molecule has 3 fully saturated rings. The van der Waals surface area contributed by atoms with Crippen molar-refractivity contribution in [3.8, 4) is 0 Å². The van der Waals surface area contributed by atoms with Crippen molar-refractivity contribution in [1.82, 2.24) is 4.98 Å². The number of hydrogen-bond acceptors (Lipinski definition) is 15. The van der Waals surface area contributed by atoms with Gasteiger partial charge in [0.2, 0.25) is 0 Å². The first-order chi connectivity index (χ1) is 24.3. The minimum absolute atomic E-state index is 0.0186. The molecule has 9 atom stereocenters. The molecule has 1 aliphatic heterocycles. The zero-order chi connectivity index (χ0) is 38.4. The van der Waals surface area contributed by atoms with Crippen molar-refractivity contribution in [3.05, 3.63) is 54.2 Å². The first kappa shape index (κ1) is 38.6. The molecule has 9 unspecified atom stereocenters. The second-order valence-electron chi connectivity index (χ2n) is 14.9. The number of aliphatic hydroxyl groups is 1. The summed E-state index contributed by atoms with van der Waals surface area (Å²) in [4.78, 5) is 84.5. The Balaban J connectivity index is 1.92. The lowest BCUT2D eigenvalue weighted by Gasteiger charge is -2.66. The van der Waals surface area contributed by atoms with E-state index in [2.05, 4.69) is 4.98 Å². The highest BCUT2D eigenvalue weighted by atomic mass is 16.6. The number of pyridine rings is 1. The van der Waals surface area contributed by atoms with Gasteiger partial charge in [-0.05, 0) is 45.9 Å². The van der Waals surface area contributed by atoms with Gasteiger partial charge in [0.15, 0.2) is 11.7 Å². The van der Waals surface area contributed by atoms with E-state index in [1.165, 1.54) is 50.7 Å². The number of hydrogen-bond donors (Lipinski definition) is 1. The van der Waals surface area contributed by atoms with Crippen molar-refractivity contribution < 1.29 is 66.7 Å². The number of ether oxygens (including phenoxy) is 6. The van der Waals surface area contributed by atoms with Crippen LogP contribution in [0.1, 0.15) is 88.9 Å². The Kier molecular flexibility index (Phi) is 10.4. The number of aromatic nitrogens is 1. The Morgan fingerprint density at radius 2 is 1.56 bits per heavy atom. The van der Waals surface area contributed by atoms with Gasteiger partial charge in [0.1, 0.15) is 42.4 Å². The number of carbonyl (C=O) groups is 6. The second-order valence-corrected chi connectivity index (χ2v) is 14.9. The van der Waals surface area contributed by atoms with E-state index >= 15 is 0 Å². The number of furan rings is 1. The van der Waals surface area contributed by atoms with Gasteiger partial charge in [0.25, 0.3) is 0 Å². The lowest BCUT2D eigenvalue weighted by molar-refractivity contribution is -0.359. The Hall–Kier alpha value is -4.63. The molecule has 2 bridgehead atoms. The van der Waals surface area contributed by atoms with E-state index in [4.69, 9.17) is 32.8 Å². The first-order valence-corrected chi connectivity index (χ1v) is 17.1. The van der Waals surface area contributed by atoms with Gasteiger partial charge in [-0.25, -0.2) is 9.59 Å². The predicted molar refractivity (Wildman–Crippen MR) is 176 cm³/mol. The molecule has 52 heavy (non-hydrogen) atoms. The van der Waals surface area contributed by atoms with E-state index in [0.29, 0.717) is 0 Å². The molecule has 15 nitrogen and oxygen atoms in total. The molecule has 15 heteroatoms. The van der Waals surface area contributed by atoms with Gasteiger partial charge in [-0.1, -0.05) is 13.8 Å². The summed E-state index contributed by atoms with van der Waals surface area (Å²) < 4.78 is 42.7. The van der Waals surface area contributed by atoms with E-state index in [-0.39, 0.29) is 23.3 Å². The molecule has 2 aliphatic carbocycles. The van der Waals surface area contributed by atoms with Crippen molar-refractivity contribution in [2.45, 2.75) is 109 Å². The zero-order valence-electron chi connectivity index (χ0n) is 30.4. The predicted octanol–water partition coefficient (Wildman–Crippen LogP) is 3.40. The van der Waals surface area contributed by atoms with Gasteiger partial charge in [-0.15, -0.1) is 0 Å². The maximum Gasteiger partial charge on any atom is 0.341 e. The van der Waals surface area contributed by atoms with Crippen LogP contribution in [0.2, 0.25) is 0 Å². The number of ketones is 1. The maximum absolute atomic E-state index is 14.1. The van der Waals surface area contributed by atoms with Crippen molar-refractivity contribution >= 4 is 35.6 Å². The minimum atomic E-state index is -2.25. The molecular weight excluding hydrogens is 682 g/mol. The third-order valence-corrected chi connectivity index (χ3v) is 10.4. The van der Waals surface area contributed by atoms with Gasteiger partial charge in [-0.2, -0.15) is 0 Å². The van der Waals surface area contributed by atoms with Crippen LogP contribution in [0.3, 0.4) is 0 Å². The number of carbonyl (C=O) groups excluding carboxylic acids is 6. The summed E-state index contributed by atoms with van der Waals surface area (Å²) in [6, 6.07) is 4.27. The lowest BCUT2D eigenvalue weighted by atomic mass is 9.44. The van der Waals surface area contributed by atoms with Crippen LogP contribution in [0.25, 0.3) is 0 Å². The molecule has 2 aromatic rings. The summed E-state index contributed by atoms with van der Waals surface area (Å²) >= 11 is 0. The van der Waals surface area contributed by atoms with E-state index in [0.717, 1.165) is 20.1 Å². The lowest BCUT2D eigenvalue weighted by Crippen LogP contribution is -2.85. The molecule has 0 amide bonds. The third-order valence-electron chi connectivity index (χ3n) is 10.4. The van der Waals surface area contributed by atoms with Crippen LogP contribution in [0.4, 0.5) is 0 Å². The smallest absolute Gasteiger partial charge is 0.341 e. The first-order valence-electron chi connectivity index (χ1n) is 17.1. The van der Waals surface area contributed by atoms with Crippen LogP contribution >= 0.6 is 0 Å². The number of fused-ring (bicyclic) bond motifs is 1. The number of esters is 5. The van der Waals surface area contributed by atoms with Gasteiger partial charge in [-0.3, -0.25) is 19.4 Å². The molecule has 1 N–H and O–H groups in total. The van der Waals surface area contributed by atoms with Crippen LogP contribution in [0.15, 0.2) is 47.5 Å². The van der Waals surface area contributed by atoms with Gasteiger partial charge >= 0.3 is 29.8 Å². The van der Waals surface area contributed by atoms with Gasteiger partial charge < -0.3 is 42.7 Å². The highest BCUT2D eigenvalue weighted by Crippen LogP contribution is 2.71. The standard InChI is InChI=1S/C37H45NO14/c1-19(2)31(42)47-18-36-28(50-33(44)24-11-13-46-17-24)25(14-20(3)39)27-30(49-22(5)41)37(36,52-34(27,6)7)35(8,45)15-26(48-21(4)40)29(36)51-32(43)23-10-9-12-38-16-23/h9-13,16-17,19,25-30,45H,14-15,18H2,1-8H3. The Morgan fingerprint density at radius 3 is 2.12 bits per heavy atom. The molecule has 3 aliphatic rings. The highest BCUT2D eigenvalue weighted by Gasteiger charge is 2.88. The molecule has 0 aromatic carbocycles. The molecule has 2 aromatic heterocycles. The van der Waals surface area contributed by atoms with E-state index in [1.807, 2.05) is 0 Å². The molecule has 5 rings (SSSR count). The number of Topliss-reactive ketones (excluding diaryl/α,β-unsaturated/α-hetero) is 1. The molecule has 2 saturated carbocycles. The molecule has 0 radical (unpaired) electrons. The Bertz CT molecular complexity index is 1700. The molecule has 1 spiro atoms. The molecular formula is C37H45NO14. The maximum atomic E-state index is 14.1. The van der Waals surface area contributed by atoms with E-state index in [1.54, 1.807) is 27.7 Å². The fraction of sp³-hybridized carbons (Fsp3) is 0.595. The van der Waals surface area contributed by atoms with Crippen molar-refractivity contribution in [1.29, 1.82) is 0 Å². The zero-order valence-corrected chi connectivity index (χ0v) is 30.4. The van der Waals surface area contributed by atoms with Crippen molar-refractivity contribution in [2.24, 2.45) is 23.2 Å². The summed E-state index contributed by atoms with van der Waals surface area (Å²) in [6.45, 7) is 10.7. The van der Waals surface area contributed by atoms with E-state index in [9.17, 15) is 33.9 Å². The average molecular weight is 728 g/mol. The second kappa shape index (κ2) is 14.1. The molecule has 3 heterocycles.